The average Bonchev–Trinajstić information content (AvgIpc) is 2.70. The average molecular weight is 449 g/mol. The van der Waals surface area contributed by atoms with E-state index in [-0.39, 0.29) is 18.2 Å². The van der Waals surface area contributed by atoms with Crippen LogP contribution in [0.5, 0.6) is 0 Å². The van der Waals surface area contributed by atoms with Crippen molar-refractivity contribution in [2.75, 3.05) is 6.54 Å². The minimum absolute atomic E-state index is 0.0400. The molecular weight excluding hydrogens is 419 g/mol. The standard InChI is InChI=1S/C24H30Cl2N2O2/c1-5-22(24(30)27-14-16(2)3)28(15-18-10-7-6-9-17(18)4)23(29)13-19-20(25)11-8-12-21(19)26/h6-12,16,22H,5,13-15H2,1-4H3,(H,27,30)/t22-/m0/s1. The number of carbonyl (C=O) groups excluding carboxylic acids is 2. The Labute approximate surface area is 189 Å². The molecule has 2 rings (SSSR count). The maximum atomic E-state index is 13.4. The van der Waals surface area contributed by atoms with Crippen molar-refractivity contribution in [3.05, 3.63) is 69.2 Å². The van der Waals surface area contributed by atoms with Crippen LogP contribution in [0.3, 0.4) is 0 Å². The Morgan fingerprint density at radius 3 is 2.23 bits per heavy atom. The lowest BCUT2D eigenvalue weighted by Crippen LogP contribution is -2.50. The Kier molecular flexibility index (Phi) is 9.19. The van der Waals surface area contributed by atoms with Gasteiger partial charge in [0.15, 0.2) is 0 Å². The maximum absolute atomic E-state index is 13.4. The van der Waals surface area contributed by atoms with E-state index >= 15 is 0 Å². The molecule has 0 bridgehead atoms. The number of aryl methyl sites for hydroxylation is 1. The summed E-state index contributed by atoms with van der Waals surface area (Å²) < 4.78 is 0. The summed E-state index contributed by atoms with van der Waals surface area (Å²) in [5.74, 6) is 0.00657. The van der Waals surface area contributed by atoms with Crippen molar-refractivity contribution < 1.29 is 9.59 Å². The van der Waals surface area contributed by atoms with Crippen molar-refractivity contribution >= 4 is 35.0 Å². The van der Waals surface area contributed by atoms with Crippen LogP contribution < -0.4 is 5.32 Å². The van der Waals surface area contributed by atoms with Gasteiger partial charge in [-0.1, -0.05) is 74.3 Å². The van der Waals surface area contributed by atoms with Crippen LogP contribution in [-0.2, 0) is 22.6 Å². The number of nitrogens with one attached hydrogen (secondary N) is 1. The normalized spacial score (nSPS) is 12.0. The van der Waals surface area contributed by atoms with Gasteiger partial charge < -0.3 is 10.2 Å². The van der Waals surface area contributed by atoms with Crippen molar-refractivity contribution in [3.8, 4) is 0 Å². The molecule has 0 heterocycles. The van der Waals surface area contributed by atoms with Gasteiger partial charge in [0.2, 0.25) is 11.8 Å². The number of hydrogen-bond donors (Lipinski definition) is 1. The van der Waals surface area contributed by atoms with Crippen LogP contribution >= 0.6 is 23.2 Å². The van der Waals surface area contributed by atoms with E-state index in [2.05, 4.69) is 5.32 Å². The second kappa shape index (κ2) is 11.4. The molecule has 0 fully saturated rings. The zero-order chi connectivity index (χ0) is 22.3. The zero-order valence-electron chi connectivity index (χ0n) is 18.0. The van der Waals surface area contributed by atoms with Crippen molar-refractivity contribution in [1.29, 1.82) is 0 Å². The van der Waals surface area contributed by atoms with Crippen LogP contribution in [-0.4, -0.2) is 29.3 Å². The molecule has 2 amide bonds. The summed E-state index contributed by atoms with van der Waals surface area (Å²) in [7, 11) is 0. The summed E-state index contributed by atoms with van der Waals surface area (Å²) in [6.07, 6.45) is 0.552. The molecule has 0 radical (unpaired) electrons. The minimum Gasteiger partial charge on any atom is -0.354 e. The molecule has 0 spiro atoms. The molecular formula is C24H30Cl2N2O2. The number of carbonyl (C=O) groups is 2. The minimum atomic E-state index is -0.572. The molecule has 0 unspecified atom stereocenters. The molecule has 0 aromatic heterocycles. The van der Waals surface area contributed by atoms with Gasteiger partial charge in [-0.3, -0.25) is 9.59 Å². The molecule has 0 aliphatic heterocycles. The second-order valence-corrected chi connectivity index (χ2v) is 8.70. The fourth-order valence-corrected chi connectivity index (χ4v) is 3.80. The Morgan fingerprint density at radius 1 is 1.03 bits per heavy atom. The second-order valence-electron chi connectivity index (χ2n) is 7.89. The quantitative estimate of drug-likeness (QED) is 0.556. The predicted octanol–water partition coefficient (Wildman–Crippen LogP) is 5.42. The number of benzene rings is 2. The molecule has 0 aliphatic carbocycles. The van der Waals surface area contributed by atoms with Crippen molar-refractivity contribution in [3.63, 3.8) is 0 Å². The number of halogens is 2. The number of nitrogens with zero attached hydrogens (tertiary/aromatic N) is 1. The summed E-state index contributed by atoms with van der Waals surface area (Å²) in [6, 6.07) is 12.5. The zero-order valence-corrected chi connectivity index (χ0v) is 19.6. The van der Waals surface area contributed by atoms with Crippen molar-refractivity contribution in [2.45, 2.75) is 53.1 Å². The molecule has 2 aromatic carbocycles. The lowest BCUT2D eigenvalue weighted by Gasteiger charge is -2.31. The van der Waals surface area contributed by atoms with Gasteiger partial charge in [-0.05, 0) is 48.1 Å². The van der Waals surface area contributed by atoms with E-state index in [4.69, 9.17) is 23.2 Å². The van der Waals surface area contributed by atoms with Crippen molar-refractivity contribution in [1.82, 2.24) is 10.2 Å². The summed E-state index contributed by atoms with van der Waals surface area (Å²) in [5.41, 5.74) is 2.66. The summed E-state index contributed by atoms with van der Waals surface area (Å²) >= 11 is 12.6. The van der Waals surface area contributed by atoms with E-state index in [0.717, 1.165) is 11.1 Å². The van der Waals surface area contributed by atoms with Gasteiger partial charge in [0.05, 0.1) is 6.42 Å². The largest absolute Gasteiger partial charge is 0.354 e. The first kappa shape index (κ1) is 24.2. The molecule has 6 heteroatoms. The van der Waals surface area contributed by atoms with Crippen LogP contribution in [0, 0.1) is 12.8 Å². The van der Waals surface area contributed by atoms with E-state index in [1.54, 1.807) is 23.1 Å². The van der Waals surface area contributed by atoms with Gasteiger partial charge in [0.25, 0.3) is 0 Å². The number of amides is 2. The molecule has 4 nitrogen and oxygen atoms in total. The summed E-state index contributed by atoms with van der Waals surface area (Å²) in [6.45, 7) is 8.91. The van der Waals surface area contributed by atoms with Gasteiger partial charge in [-0.15, -0.1) is 0 Å². The first-order valence-corrected chi connectivity index (χ1v) is 11.0. The Balaban J connectivity index is 2.35. The van der Waals surface area contributed by atoms with E-state index in [9.17, 15) is 9.59 Å². The molecule has 1 N–H and O–H groups in total. The molecule has 162 valence electrons. The highest BCUT2D eigenvalue weighted by Gasteiger charge is 2.29. The maximum Gasteiger partial charge on any atom is 0.242 e. The van der Waals surface area contributed by atoms with E-state index in [0.29, 0.717) is 41.0 Å². The monoisotopic (exact) mass is 448 g/mol. The Morgan fingerprint density at radius 2 is 1.67 bits per heavy atom. The van der Waals surface area contributed by atoms with Gasteiger partial charge in [-0.25, -0.2) is 0 Å². The first-order chi connectivity index (χ1) is 14.2. The van der Waals surface area contributed by atoms with Crippen LogP contribution in [0.4, 0.5) is 0 Å². The molecule has 0 saturated carbocycles. The van der Waals surface area contributed by atoms with Crippen molar-refractivity contribution in [2.24, 2.45) is 5.92 Å². The molecule has 1 atom stereocenters. The third kappa shape index (κ3) is 6.48. The molecule has 0 saturated heterocycles. The fourth-order valence-electron chi connectivity index (χ4n) is 3.27. The number of rotatable bonds is 9. The molecule has 30 heavy (non-hydrogen) atoms. The SMILES string of the molecule is CC[C@@H](C(=O)NCC(C)C)N(Cc1ccccc1C)C(=O)Cc1c(Cl)cccc1Cl. The summed E-state index contributed by atoms with van der Waals surface area (Å²) in [4.78, 5) is 28.0. The first-order valence-electron chi connectivity index (χ1n) is 10.3. The van der Waals surface area contributed by atoms with E-state index in [1.807, 2.05) is 52.0 Å². The fraction of sp³-hybridized carbons (Fsp3) is 0.417. The van der Waals surface area contributed by atoms with E-state index in [1.165, 1.54) is 0 Å². The van der Waals surface area contributed by atoms with Gasteiger partial charge in [0, 0.05) is 23.1 Å². The smallest absolute Gasteiger partial charge is 0.242 e. The van der Waals surface area contributed by atoms with Gasteiger partial charge in [0.1, 0.15) is 6.04 Å². The van der Waals surface area contributed by atoms with Gasteiger partial charge in [-0.2, -0.15) is 0 Å². The highest BCUT2D eigenvalue weighted by Crippen LogP contribution is 2.26. The highest BCUT2D eigenvalue weighted by molar-refractivity contribution is 6.36. The van der Waals surface area contributed by atoms with Gasteiger partial charge >= 0.3 is 0 Å². The number of hydrogen-bond acceptors (Lipinski definition) is 2. The van der Waals surface area contributed by atoms with Crippen LogP contribution in [0.1, 0.15) is 43.9 Å². The summed E-state index contributed by atoms with van der Waals surface area (Å²) in [5, 5.41) is 3.87. The predicted molar refractivity (Wildman–Crippen MR) is 124 cm³/mol. The Hall–Kier alpha value is -2.04. The highest BCUT2D eigenvalue weighted by atomic mass is 35.5. The van der Waals surface area contributed by atoms with E-state index < -0.39 is 6.04 Å². The van der Waals surface area contributed by atoms with Crippen LogP contribution in [0.2, 0.25) is 10.0 Å². The lowest BCUT2D eigenvalue weighted by molar-refractivity contribution is -0.141. The Bertz CT molecular complexity index is 863. The topological polar surface area (TPSA) is 49.4 Å². The lowest BCUT2D eigenvalue weighted by atomic mass is 10.0. The van der Waals surface area contributed by atoms with Crippen LogP contribution in [0.15, 0.2) is 42.5 Å². The molecule has 0 aliphatic rings. The molecule has 2 aromatic rings. The third-order valence-corrected chi connectivity index (χ3v) is 5.77. The van der Waals surface area contributed by atoms with Crippen LogP contribution in [0.25, 0.3) is 0 Å². The third-order valence-electron chi connectivity index (χ3n) is 5.06.